The highest BCUT2D eigenvalue weighted by molar-refractivity contribution is 5.80. The normalized spacial score (nSPS) is 10.9. The van der Waals surface area contributed by atoms with E-state index in [9.17, 15) is 9.18 Å². The standard InChI is InChI=1S/C19H19FN2O/c1-14-6-7-15(12-17(14)20)13-21-19(23)9-11-22-10-8-16-4-2-3-5-18(16)22/h2-8,10,12H,9,11,13H2,1H3,(H,21,23). The summed E-state index contributed by atoms with van der Waals surface area (Å²) in [6, 6.07) is 15.2. The third kappa shape index (κ3) is 3.59. The Morgan fingerprint density at radius 3 is 2.83 bits per heavy atom. The molecular formula is C19H19FN2O. The van der Waals surface area contributed by atoms with Gasteiger partial charge in [-0.25, -0.2) is 4.39 Å². The predicted octanol–water partition coefficient (Wildman–Crippen LogP) is 3.80. The highest BCUT2D eigenvalue weighted by atomic mass is 19.1. The summed E-state index contributed by atoms with van der Waals surface area (Å²) in [5.41, 5.74) is 2.51. The Morgan fingerprint density at radius 1 is 1.17 bits per heavy atom. The van der Waals surface area contributed by atoms with Crippen molar-refractivity contribution in [2.24, 2.45) is 0 Å². The highest BCUT2D eigenvalue weighted by Crippen LogP contribution is 2.15. The molecule has 4 heteroatoms. The third-order valence-electron chi connectivity index (χ3n) is 3.99. The van der Waals surface area contributed by atoms with Crippen molar-refractivity contribution < 1.29 is 9.18 Å². The van der Waals surface area contributed by atoms with E-state index >= 15 is 0 Å². The topological polar surface area (TPSA) is 34.0 Å². The number of nitrogens with one attached hydrogen (secondary N) is 1. The first kappa shape index (κ1) is 15.3. The first-order valence-electron chi connectivity index (χ1n) is 7.69. The number of para-hydroxylation sites is 1. The molecule has 3 rings (SSSR count). The van der Waals surface area contributed by atoms with Crippen LogP contribution in [0.15, 0.2) is 54.7 Å². The molecule has 0 aliphatic heterocycles. The molecule has 0 aliphatic rings. The van der Waals surface area contributed by atoms with Crippen molar-refractivity contribution in [1.82, 2.24) is 9.88 Å². The van der Waals surface area contributed by atoms with Gasteiger partial charge in [0.1, 0.15) is 5.82 Å². The van der Waals surface area contributed by atoms with Crippen molar-refractivity contribution in [2.45, 2.75) is 26.4 Å². The van der Waals surface area contributed by atoms with Gasteiger partial charge in [0.15, 0.2) is 0 Å². The Bertz CT molecular complexity index is 838. The molecule has 1 aromatic heterocycles. The Morgan fingerprint density at radius 2 is 2.00 bits per heavy atom. The second-order valence-corrected chi connectivity index (χ2v) is 5.68. The maximum atomic E-state index is 13.5. The van der Waals surface area contributed by atoms with Crippen LogP contribution in [0.2, 0.25) is 0 Å². The molecule has 118 valence electrons. The number of aryl methyl sites for hydroxylation is 2. The molecule has 0 atom stereocenters. The lowest BCUT2D eigenvalue weighted by atomic mass is 10.1. The van der Waals surface area contributed by atoms with Crippen LogP contribution in [0, 0.1) is 12.7 Å². The molecule has 0 fully saturated rings. The van der Waals surface area contributed by atoms with Crippen LogP contribution < -0.4 is 5.32 Å². The molecule has 0 bridgehead atoms. The molecule has 3 aromatic rings. The van der Waals surface area contributed by atoms with Crippen LogP contribution in [-0.4, -0.2) is 10.5 Å². The van der Waals surface area contributed by atoms with Gasteiger partial charge in [-0.1, -0.05) is 30.3 Å². The lowest BCUT2D eigenvalue weighted by Gasteiger charge is -2.08. The monoisotopic (exact) mass is 310 g/mol. The zero-order chi connectivity index (χ0) is 16.2. The minimum Gasteiger partial charge on any atom is -0.352 e. The summed E-state index contributed by atoms with van der Waals surface area (Å²) >= 11 is 0. The first-order valence-corrected chi connectivity index (χ1v) is 7.69. The average Bonchev–Trinajstić information content (AvgIpc) is 2.97. The van der Waals surface area contributed by atoms with E-state index in [-0.39, 0.29) is 11.7 Å². The second kappa shape index (κ2) is 6.65. The number of halogens is 1. The molecule has 0 aliphatic carbocycles. The maximum Gasteiger partial charge on any atom is 0.222 e. The zero-order valence-electron chi connectivity index (χ0n) is 13.1. The average molecular weight is 310 g/mol. The Balaban J connectivity index is 1.54. The van der Waals surface area contributed by atoms with Crippen molar-refractivity contribution in [3.05, 3.63) is 71.7 Å². The Hall–Kier alpha value is -2.62. The summed E-state index contributed by atoms with van der Waals surface area (Å²) in [6.45, 7) is 2.70. The molecule has 1 N–H and O–H groups in total. The second-order valence-electron chi connectivity index (χ2n) is 5.68. The number of carbonyl (C=O) groups excluding carboxylic acids is 1. The quantitative estimate of drug-likeness (QED) is 0.764. The van der Waals surface area contributed by atoms with Crippen LogP contribution in [0.3, 0.4) is 0 Å². The molecule has 0 saturated carbocycles. The van der Waals surface area contributed by atoms with E-state index in [1.807, 2.05) is 36.5 Å². The van der Waals surface area contributed by atoms with E-state index < -0.39 is 0 Å². The number of nitrogens with zero attached hydrogens (tertiary/aromatic N) is 1. The van der Waals surface area contributed by atoms with Gasteiger partial charge in [0, 0.05) is 31.2 Å². The highest BCUT2D eigenvalue weighted by Gasteiger charge is 2.05. The molecule has 0 unspecified atom stereocenters. The molecule has 0 spiro atoms. The fourth-order valence-electron chi connectivity index (χ4n) is 2.59. The van der Waals surface area contributed by atoms with Crippen LogP contribution in [0.5, 0.6) is 0 Å². The van der Waals surface area contributed by atoms with Crippen LogP contribution in [0.4, 0.5) is 4.39 Å². The predicted molar refractivity (Wildman–Crippen MR) is 89.5 cm³/mol. The van der Waals surface area contributed by atoms with Crippen LogP contribution in [-0.2, 0) is 17.9 Å². The van der Waals surface area contributed by atoms with Crippen molar-refractivity contribution >= 4 is 16.8 Å². The summed E-state index contributed by atoms with van der Waals surface area (Å²) in [5, 5.41) is 4.01. The van der Waals surface area contributed by atoms with E-state index in [0.717, 1.165) is 11.1 Å². The summed E-state index contributed by atoms with van der Waals surface area (Å²) in [4.78, 5) is 12.0. The largest absolute Gasteiger partial charge is 0.352 e. The lowest BCUT2D eigenvalue weighted by molar-refractivity contribution is -0.121. The SMILES string of the molecule is Cc1ccc(CNC(=O)CCn2ccc3ccccc32)cc1F. The van der Waals surface area contributed by atoms with Crippen molar-refractivity contribution in [2.75, 3.05) is 0 Å². The number of benzene rings is 2. The fourth-order valence-corrected chi connectivity index (χ4v) is 2.59. The lowest BCUT2D eigenvalue weighted by Crippen LogP contribution is -2.23. The van der Waals surface area contributed by atoms with E-state index in [1.165, 1.54) is 11.5 Å². The van der Waals surface area contributed by atoms with Gasteiger partial charge in [-0.05, 0) is 41.6 Å². The van der Waals surface area contributed by atoms with E-state index in [1.54, 1.807) is 13.0 Å². The smallest absolute Gasteiger partial charge is 0.222 e. The summed E-state index contributed by atoms with van der Waals surface area (Å²) in [7, 11) is 0. The molecule has 2 aromatic carbocycles. The van der Waals surface area contributed by atoms with Crippen LogP contribution >= 0.6 is 0 Å². The van der Waals surface area contributed by atoms with Gasteiger partial charge in [-0.2, -0.15) is 0 Å². The summed E-state index contributed by atoms with van der Waals surface area (Å²) in [6.07, 6.45) is 2.39. The first-order chi connectivity index (χ1) is 11.1. The van der Waals surface area contributed by atoms with Gasteiger partial charge >= 0.3 is 0 Å². The van der Waals surface area contributed by atoms with Crippen LogP contribution in [0.25, 0.3) is 10.9 Å². The molecule has 0 radical (unpaired) electrons. The molecular weight excluding hydrogens is 291 g/mol. The van der Waals surface area contributed by atoms with Crippen molar-refractivity contribution in [3.63, 3.8) is 0 Å². The number of hydrogen-bond donors (Lipinski definition) is 1. The number of carbonyl (C=O) groups is 1. The maximum absolute atomic E-state index is 13.5. The number of fused-ring (bicyclic) bond motifs is 1. The minimum atomic E-state index is -0.240. The van der Waals surface area contributed by atoms with Gasteiger partial charge in [-0.3, -0.25) is 4.79 Å². The van der Waals surface area contributed by atoms with Crippen LogP contribution in [0.1, 0.15) is 17.5 Å². The Kier molecular flexibility index (Phi) is 4.42. The fraction of sp³-hybridized carbons (Fsp3) is 0.211. The van der Waals surface area contributed by atoms with E-state index in [0.29, 0.717) is 25.1 Å². The molecule has 3 nitrogen and oxygen atoms in total. The van der Waals surface area contributed by atoms with Gasteiger partial charge in [0.05, 0.1) is 0 Å². The summed E-state index contributed by atoms with van der Waals surface area (Å²) < 4.78 is 15.5. The number of rotatable bonds is 5. The van der Waals surface area contributed by atoms with E-state index in [2.05, 4.69) is 16.0 Å². The number of hydrogen-bond acceptors (Lipinski definition) is 1. The van der Waals surface area contributed by atoms with Gasteiger partial charge in [-0.15, -0.1) is 0 Å². The molecule has 1 heterocycles. The van der Waals surface area contributed by atoms with Gasteiger partial charge in [0.25, 0.3) is 0 Å². The van der Waals surface area contributed by atoms with Crippen molar-refractivity contribution in [3.8, 4) is 0 Å². The number of aromatic nitrogens is 1. The molecule has 1 amide bonds. The molecule has 23 heavy (non-hydrogen) atoms. The number of amides is 1. The van der Waals surface area contributed by atoms with Crippen molar-refractivity contribution in [1.29, 1.82) is 0 Å². The zero-order valence-corrected chi connectivity index (χ0v) is 13.1. The van der Waals surface area contributed by atoms with E-state index in [4.69, 9.17) is 0 Å². The Labute approximate surface area is 134 Å². The molecule has 0 saturated heterocycles. The summed E-state index contributed by atoms with van der Waals surface area (Å²) in [5.74, 6) is -0.278. The minimum absolute atomic E-state index is 0.0382. The van der Waals surface area contributed by atoms with Gasteiger partial charge < -0.3 is 9.88 Å². The third-order valence-corrected chi connectivity index (χ3v) is 3.99. The van der Waals surface area contributed by atoms with Gasteiger partial charge in [0.2, 0.25) is 5.91 Å².